The Morgan fingerprint density at radius 1 is 0.529 bits per heavy atom. The Bertz CT molecular complexity index is 170. The molecular formula is C4H8N4S8Te. The van der Waals surface area contributed by atoms with Gasteiger partial charge in [0.05, 0.1) is 0 Å². The molecule has 0 spiro atoms. The molecule has 0 atom stereocenters. The molecule has 0 bridgehead atoms. The largest absolute Gasteiger partial charge is 4.00 e. The zero-order valence-corrected chi connectivity index (χ0v) is 16.8. The van der Waals surface area contributed by atoms with E-state index >= 15 is 0 Å². The molecule has 2 radical (unpaired) electrons. The van der Waals surface area contributed by atoms with Crippen LogP contribution in [-0.4, -0.2) is 40.9 Å². The smallest absolute Gasteiger partial charge is 0.415 e. The molecule has 8 N–H and O–H groups in total. The minimum Gasteiger partial charge on any atom is -0.415 e. The summed E-state index contributed by atoms with van der Waals surface area (Å²) in [4.78, 5) is 0. The van der Waals surface area contributed by atoms with Crippen molar-refractivity contribution in [3.8, 4) is 0 Å². The number of nitrogens with two attached hydrogens (primary N) is 4. The SMILES string of the molecule is NC(=S)[S-].NC(=S)[S-].NC(=S)[S-].NC(=S)[S-].[Te+4]. The van der Waals surface area contributed by atoms with E-state index in [9.17, 15) is 0 Å². The molecule has 0 aromatic rings. The van der Waals surface area contributed by atoms with Gasteiger partial charge in [-0.3, -0.25) is 0 Å². The summed E-state index contributed by atoms with van der Waals surface area (Å²) in [5.41, 5.74) is 18.6. The van der Waals surface area contributed by atoms with Crippen LogP contribution in [0, 0.1) is 0 Å². The van der Waals surface area contributed by atoms with Crippen molar-refractivity contribution in [3.05, 3.63) is 0 Å². The van der Waals surface area contributed by atoms with Crippen molar-refractivity contribution in [3.63, 3.8) is 0 Å². The fourth-order valence-electron chi connectivity index (χ4n) is 0. The summed E-state index contributed by atoms with van der Waals surface area (Å²) in [7, 11) is 0. The summed E-state index contributed by atoms with van der Waals surface area (Å²) in [5.74, 6) is 0. The van der Waals surface area contributed by atoms with Gasteiger partial charge in [0.15, 0.2) is 0 Å². The molecule has 0 amide bonds. The monoisotopic (exact) mass is 498 g/mol. The standard InChI is InChI=1S/4CH3NS2.Te/c4*2-1(3)4;/h4*(H3,2,3,4);/q;;;;+4/p-4. The Morgan fingerprint density at radius 3 is 0.529 bits per heavy atom. The van der Waals surface area contributed by atoms with E-state index in [-0.39, 0.29) is 40.9 Å². The van der Waals surface area contributed by atoms with E-state index in [0.29, 0.717) is 0 Å². The van der Waals surface area contributed by atoms with E-state index in [0.717, 1.165) is 0 Å². The third-order valence-corrected chi connectivity index (χ3v) is 0. The van der Waals surface area contributed by atoms with Crippen molar-refractivity contribution in [2.24, 2.45) is 22.9 Å². The fraction of sp³-hybridized carbons (Fsp3) is 0. The quantitative estimate of drug-likeness (QED) is 0.183. The maximum Gasteiger partial charge on any atom is 4.00 e. The van der Waals surface area contributed by atoms with Gasteiger partial charge in [-0.1, -0.05) is 17.3 Å². The minimum atomic E-state index is 0. The van der Waals surface area contributed by atoms with Crippen molar-refractivity contribution in [1.29, 1.82) is 0 Å². The van der Waals surface area contributed by atoms with Gasteiger partial charge in [0.2, 0.25) is 0 Å². The molecule has 0 saturated carbocycles. The first-order valence-corrected chi connectivity index (χ1v) is 6.05. The molecule has 0 aromatic carbocycles. The summed E-state index contributed by atoms with van der Waals surface area (Å²) in [6.45, 7) is 0. The molecule has 0 fully saturated rings. The maximum absolute atomic E-state index is 4.66. The van der Waals surface area contributed by atoms with Gasteiger partial charge in [0.1, 0.15) is 0 Å². The van der Waals surface area contributed by atoms with Crippen LogP contribution in [0.25, 0.3) is 0 Å². The first kappa shape index (κ1) is 30.9. The Balaban J connectivity index is -0.0000000369. The van der Waals surface area contributed by atoms with Crippen molar-refractivity contribution in [2.75, 3.05) is 0 Å². The minimum absolute atomic E-state index is 0. The molecule has 0 aromatic heterocycles. The van der Waals surface area contributed by atoms with Gasteiger partial charge in [0.25, 0.3) is 0 Å². The molecule has 98 valence electrons. The summed E-state index contributed by atoms with van der Waals surface area (Å²) in [6, 6.07) is 0. The first-order chi connectivity index (χ1) is 6.93. The van der Waals surface area contributed by atoms with Crippen molar-refractivity contribution in [2.45, 2.75) is 0 Å². The molecule has 13 heteroatoms. The van der Waals surface area contributed by atoms with Crippen LogP contribution in [0.1, 0.15) is 0 Å². The van der Waals surface area contributed by atoms with Crippen molar-refractivity contribution in [1.82, 2.24) is 0 Å². The summed E-state index contributed by atoms with van der Waals surface area (Å²) >= 11 is 33.0. The Kier molecular flexibility index (Phi) is 47.2. The van der Waals surface area contributed by atoms with Gasteiger partial charge in [-0.15, -0.1) is 0 Å². The van der Waals surface area contributed by atoms with Crippen LogP contribution in [0.5, 0.6) is 0 Å². The van der Waals surface area contributed by atoms with Gasteiger partial charge in [-0.25, -0.2) is 0 Å². The number of rotatable bonds is 0. The molecule has 4 nitrogen and oxygen atoms in total. The number of hydrogen-bond acceptors (Lipinski definition) is 8. The molecule has 0 saturated heterocycles. The van der Waals surface area contributed by atoms with Gasteiger partial charge in [0, 0.05) is 0 Å². The van der Waals surface area contributed by atoms with E-state index in [1.807, 2.05) is 0 Å². The number of thiocarbonyl (C=S) groups is 4. The second-order valence-electron chi connectivity index (χ2n) is 1.28. The Labute approximate surface area is 161 Å². The van der Waals surface area contributed by atoms with E-state index in [2.05, 4.69) is 122 Å². The molecule has 0 unspecified atom stereocenters. The van der Waals surface area contributed by atoms with Crippen LogP contribution in [0.3, 0.4) is 0 Å². The predicted molar refractivity (Wildman–Crippen MR) is 102 cm³/mol. The second-order valence-corrected chi connectivity index (χ2v) is 5.83. The average molecular weight is 496 g/mol. The summed E-state index contributed by atoms with van der Waals surface area (Å²) < 4.78 is 0.333. The first-order valence-electron chi connectivity index (χ1n) is 2.79. The second kappa shape index (κ2) is 25.9. The van der Waals surface area contributed by atoms with Crippen LogP contribution >= 0.6 is 48.9 Å². The molecule has 0 rings (SSSR count). The molecular weight excluding hydrogens is 488 g/mol. The van der Waals surface area contributed by atoms with E-state index in [1.165, 1.54) is 0 Å². The van der Waals surface area contributed by atoms with Gasteiger partial charge in [-0.05, 0) is 0 Å². The zero-order chi connectivity index (χ0) is 14.3. The molecule has 0 heterocycles. The fourth-order valence-corrected chi connectivity index (χ4v) is 0. The van der Waals surface area contributed by atoms with Crippen molar-refractivity contribution >= 4 is 140 Å². The predicted octanol–water partition coefficient (Wildman–Crippen LogP) is -1.27. The third-order valence-electron chi connectivity index (χ3n) is 0. The molecule has 0 aliphatic carbocycles. The normalized spacial score (nSPS) is 5.65. The van der Waals surface area contributed by atoms with Gasteiger partial charge < -0.3 is 122 Å². The topological polar surface area (TPSA) is 104 Å². The Morgan fingerprint density at radius 2 is 0.529 bits per heavy atom. The number of hydrogen-bond donors (Lipinski definition) is 4. The Hall–Kier alpha value is 1.23. The third kappa shape index (κ3) is 2640. The van der Waals surface area contributed by atoms with E-state index < -0.39 is 0 Å². The van der Waals surface area contributed by atoms with E-state index in [1.54, 1.807) is 0 Å². The van der Waals surface area contributed by atoms with E-state index in [4.69, 9.17) is 0 Å². The van der Waals surface area contributed by atoms with Crippen molar-refractivity contribution < 1.29 is 0 Å². The van der Waals surface area contributed by atoms with Crippen LogP contribution < -0.4 is 22.9 Å². The van der Waals surface area contributed by atoms with Crippen LogP contribution in [0.15, 0.2) is 0 Å². The molecule has 17 heavy (non-hydrogen) atoms. The molecule has 0 aliphatic heterocycles. The maximum atomic E-state index is 4.66. The summed E-state index contributed by atoms with van der Waals surface area (Å²) in [5, 5.41) is 0. The van der Waals surface area contributed by atoms with Crippen LogP contribution in [-0.2, 0) is 50.5 Å². The summed E-state index contributed by atoms with van der Waals surface area (Å²) in [6.07, 6.45) is 0. The van der Waals surface area contributed by atoms with Crippen LogP contribution in [0.4, 0.5) is 0 Å². The molecule has 0 aliphatic rings. The van der Waals surface area contributed by atoms with Gasteiger partial charge in [-0.2, -0.15) is 0 Å². The zero-order valence-electron chi connectivity index (χ0n) is 7.98. The average Bonchev–Trinajstić information content (AvgIpc) is 1.76. The van der Waals surface area contributed by atoms with Gasteiger partial charge >= 0.3 is 23.7 Å². The van der Waals surface area contributed by atoms with Crippen LogP contribution in [0.2, 0.25) is 0 Å².